The molecule has 154 valence electrons. The van der Waals surface area contributed by atoms with Crippen LogP contribution in [0.15, 0.2) is 30.0 Å². The fourth-order valence-corrected chi connectivity index (χ4v) is 6.28. The Hall–Kier alpha value is -1.77. The van der Waals surface area contributed by atoms with Gasteiger partial charge >= 0.3 is 0 Å². The maximum Gasteiger partial charge on any atom is 0.167 e. The summed E-state index contributed by atoms with van der Waals surface area (Å²) in [6.45, 7) is 11.4. The van der Waals surface area contributed by atoms with Crippen LogP contribution in [0.3, 0.4) is 0 Å². The number of carbonyl (C=O) groups is 1. The van der Waals surface area contributed by atoms with Crippen molar-refractivity contribution in [1.29, 1.82) is 0 Å². The van der Waals surface area contributed by atoms with Gasteiger partial charge in [-0.05, 0) is 78.2 Å². The molecule has 0 radical (unpaired) electrons. The zero-order valence-corrected chi connectivity index (χ0v) is 18.6. The van der Waals surface area contributed by atoms with Crippen LogP contribution in [0, 0.1) is 35.5 Å². The molecular formula is C25H36O3. The highest BCUT2D eigenvalue weighted by molar-refractivity contribution is 5.99. The molecule has 3 rings (SSSR count). The summed E-state index contributed by atoms with van der Waals surface area (Å²) in [6, 6.07) is 5.90. The number of ketones is 1. The van der Waals surface area contributed by atoms with E-state index in [0.29, 0.717) is 5.92 Å². The van der Waals surface area contributed by atoms with Crippen molar-refractivity contribution < 1.29 is 14.3 Å². The van der Waals surface area contributed by atoms with E-state index in [0.717, 1.165) is 29.7 Å². The fourth-order valence-electron chi connectivity index (χ4n) is 6.28. The Balaban J connectivity index is 2.11. The van der Waals surface area contributed by atoms with E-state index in [4.69, 9.17) is 9.47 Å². The Morgan fingerprint density at radius 3 is 2.50 bits per heavy atom. The first kappa shape index (κ1) is 21.0. The largest absolute Gasteiger partial charge is 0.504 e. The summed E-state index contributed by atoms with van der Waals surface area (Å²) >= 11 is 0. The maximum atomic E-state index is 13.9. The van der Waals surface area contributed by atoms with E-state index >= 15 is 0 Å². The summed E-state index contributed by atoms with van der Waals surface area (Å²) in [5.41, 5.74) is 3.33. The van der Waals surface area contributed by atoms with Crippen LogP contribution in [0.5, 0.6) is 5.75 Å². The molecule has 28 heavy (non-hydrogen) atoms. The number of ether oxygens (including phenoxy) is 2. The molecular weight excluding hydrogens is 348 g/mol. The molecule has 1 aromatic rings. The number of Topliss-reactive ketones (excluding diaryl/α,β-unsaturated/α-hetero) is 1. The lowest BCUT2D eigenvalue weighted by atomic mass is 9.45. The van der Waals surface area contributed by atoms with Crippen LogP contribution >= 0.6 is 0 Å². The molecule has 0 aliphatic heterocycles. The summed E-state index contributed by atoms with van der Waals surface area (Å²) in [7, 11) is 3.37. The molecule has 2 aliphatic rings. The zero-order chi connectivity index (χ0) is 20.7. The van der Waals surface area contributed by atoms with Crippen LogP contribution in [0.4, 0.5) is 0 Å². The minimum absolute atomic E-state index is 0.000310. The molecule has 0 bridgehead atoms. The second-order valence-corrected chi connectivity index (χ2v) is 9.90. The van der Waals surface area contributed by atoms with Gasteiger partial charge in [0.25, 0.3) is 0 Å². The molecule has 0 aromatic heterocycles. The quantitative estimate of drug-likeness (QED) is 0.457. The topological polar surface area (TPSA) is 35.5 Å². The molecule has 1 unspecified atom stereocenters. The van der Waals surface area contributed by atoms with Crippen molar-refractivity contribution in [2.75, 3.05) is 14.2 Å². The molecule has 4 atom stereocenters. The first-order valence-corrected chi connectivity index (χ1v) is 10.6. The molecule has 2 fully saturated rings. The Bertz CT molecular complexity index is 776. The van der Waals surface area contributed by atoms with Gasteiger partial charge in [-0.1, -0.05) is 34.1 Å². The second kappa shape index (κ2) is 7.57. The third kappa shape index (κ3) is 3.49. The van der Waals surface area contributed by atoms with Gasteiger partial charge in [0, 0.05) is 11.5 Å². The Kier molecular flexibility index (Phi) is 5.67. The average molecular weight is 385 g/mol. The molecule has 1 aromatic carbocycles. The summed E-state index contributed by atoms with van der Waals surface area (Å²) in [4.78, 5) is 13.9. The number of rotatable bonds is 4. The highest BCUT2D eigenvalue weighted by Gasteiger charge is 2.57. The normalized spacial score (nSPS) is 33.2. The van der Waals surface area contributed by atoms with Crippen LogP contribution in [-0.4, -0.2) is 20.0 Å². The van der Waals surface area contributed by atoms with Crippen molar-refractivity contribution in [3.8, 4) is 5.75 Å². The standard InChI is InChI=1S/C25H36O3/c1-16-11-18(13-20(12-16)28-7)23(26)22-17(2)19(15-27-6)14-21-24(3,4)9-8-10-25(21,22)5/h11-13,15,17,21-22H,8-10,14H2,1-7H3/b19-15-/t17?,21-,22+,25-/m0/s1. The zero-order valence-electron chi connectivity index (χ0n) is 18.6. The summed E-state index contributed by atoms with van der Waals surface area (Å²) in [5, 5.41) is 0. The lowest BCUT2D eigenvalue weighted by Crippen LogP contribution is -2.54. The van der Waals surface area contributed by atoms with Gasteiger partial charge in [-0.2, -0.15) is 0 Å². The monoisotopic (exact) mass is 384 g/mol. The van der Waals surface area contributed by atoms with Gasteiger partial charge < -0.3 is 9.47 Å². The summed E-state index contributed by atoms with van der Waals surface area (Å²) < 4.78 is 10.9. The number of fused-ring (bicyclic) bond motifs is 1. The first-order chi connectivity index (χ1) is 13.1. The van der Waals surface area contributed by atoms with Crippen molar-refractivity contribution in [2.24, 2.45) is 28.6 Å². The van der Waals surface area contributed by atoms with Crippen LogP contribution in [0.2, 0.25) is 0 Å². The third-order valence-corrected chi connectivity index (χ3v) is 7.63. The van der Waals surface area contributed by atoms with Crippen molar-refractivity contribution >= 4 is 5.78 Å². The molecule has 0 saturated heterocycles. The number of aryl methyl sites for hydroxylation is 1. The van der Waals surface area contributed by atoms with Crippen LogP contribution in [0.25, 0.3) is 0 Å². The molecule has 2 saturated carbocycles. The lowest BCUT2D eigenvalue weighted by molar-refractivity contribution is -0.0624. The SMILES string of the molecule is CO/C=C1/C[C@H]2C(C)(C)CCC[C@]2(C)[C@@H](C(=O)c2cc(C)cc(OC)c2)C1C. The van der Waals surface area contributed by atoms with Crippen LogP contribution in [0.1, 0.15) is 69.3 Å². The van der Waals surface area contributed by atoms with Gasteiger partial charge in [0.2, 0.25) is 0 Å². The van der Waals surface area contributed by atoms with E-state index in [1.54, 1.807) is 14.2 Å². The Morgan fingerprint density at radius 1 is 1.14 bits per heavy atom. The first-order valence-electron chi connectivity index (χ1n) is 10.6. The lowest BCUT2D eigenvalue weighted by Gasteiger charge is -2.59. The number of methoxy groups -OCH3 is 2. The van der Waals surface area contributed by atoms with Crippen molar-refractivity contribution in [1.82, 2.24) is 0 Å². The van der Waals surface area contributed by atoms with Crippen molar-refractivity contribution in [2.45, 2.75) is 60.3 Å². The molecule has 0 amide bonds. The highest BCUT2D eigenvalue weighted by atomic mass is 16.5. The molecule has 0 N–H and O–H groups in total. The Labute approximate surface area is 170 Å². The van der Waals surface area contributed by atoms with Gasteiger partial charge in [-0.15, -0.1) is 0 Å². The smallest absolute Gasteiger partial charge is 0.167 e. The summed E-state index contributed by atoms with van der Waals surface area (Å²) in [5.74, 6) is 1.62. The number of hydrogen-bond acceptors (Lipinski definition) is 3. The molecule has 3 heteroatoms. The predicted molar refractivity (Wildman–Crippen MR) is 114 cm³/mol. The minimum atomic E-state index is -0.0428. The minimum Gasteiger partial charge on any atom is -0.504 e. The maximum absolute atomic E-state index is 13.9. The van der Waals surface area contributed by atoms with Gasteiger partial charge in [0.15, 0.2) is 5.78 Å². The van der Waals surface area contributed by atoms with Crippen molar-refractivity contribution in [3.05, 3.63) is 41.2 Å². The van der Waals surface area contributed by atoms with Gasteiger partial charge in [0.05, 0.1) is 20.5 Å². The van der Waals surface area contributed by atoms with Gasteiger partial charge in [0.1, 0.15) is 5.75 Å². The van der Waals surface area contributed by atoms with Gasteiger partial charge in [-0.25, -0.2) is 0 Å². The van der Waals surface area contributed by atoms with E-state index in [9.17, 15) is 4.79 Å². The van der Waals surface area contributed by atoms with Crippen molar-refractivity contribution in [3.63, 3.8) is 0 Å². The van der Waals surface area contributed by atoms with E-state index in [1.165, 1.54) is 18.4 Å². The molecule has 2 aliphatic carbocycles. The van der Waals surface area contributed by atoms with Crippen LogP contribution in [-0.2, 0) is 4.74 Å². The number of carbonyl (C=O) groups excluding carboxylic acids is 1. The third-order valence-electron chi connectivity index (χ3n) is 7.63. The number of benzene rings is 1. The van der Waals surface area contributed by atoms with E-state index in [2.05, 4.69) is 27.7 Å². The summed E-state index contributed by atoms with van der Waals surface area (Å²) in [6.07, 6.45) is 6.45. The highest BCUT2D eigenvalue weighted by Crippen LogP contribution is 2.62. The fraction of sp³-hybridized carbons (Fsp3) is 0.640. The molecule has 0 spiro atoms. The average Bonchev–Trinajstić information content (AvgIpc) is 2.62. The van der Waals surface area contributed by atoms with E-state index in [-0.39, 0.29) is 28.4 Å². The number of allylic oxidation sites excluding steroid dienone is 1. The van der Waals surface area contributed by atoms with Gasteiger partial charge in [-0.3, -0.25) is 4.79 Å². The van der Waals surface area contributed by atoms with E-state index in [1.807, 2.05) is 31.4 Å². The molecule has 3 nitrogen and oxygen atoms in total. The molecule has 0 heterocycles. The van der Waals surface area contributed by atoms with Crippen LogP contribution < -0.4 is 4.74 Å². The Morgan fingerprint density at radius 2 is 1.86 bits per heavy atom. The number of hydrogen-bond donors (Lipinski definition) is 0. The van der Waals surface area contributed by atoms with E-state index < -0.39 is 0 Å². The second-order valence-electron chi connectivity index (χ2n) is 9.90. The predicted octanol–water partition coefficient (Wildman–Crippen LogP) is 6.21.